The zero-order valence-electron chi connectivity index (χ0n) is 14.6. The van der Waals surface area contributed by atoms with E-state index >= 15 is 0 Å². The molecule has 0 unspecified atom stereocenters. The molecule has 0 heterocycles. The minimum Gasteiger partial charge on any atom is -0.484 e. The number of fused-ring (bicyclic) bond motifs is 1. The van der Waals surface area contributed by atoms with Gasteiger partial charge in [0.05, 0.1) is 6.21 Å². The van der Waals surface area contributed by atoms with Gasteiger partial charge in [0.2, 0.25) is 0 Å². The molecule has 0 radical (unpaired) electrons. The SMILES string of the molecule is CC(=Cc1ccccc1)/C=N\NC(=O)COc1ccc2ccccc2c1. The Bertz CT molecular complexity index is 947. The largest absolute Gasteiger partial charge is 0.484 e. The second-order valence-corrected chi connectivity index (χ2v) is 5.89. The van der Waals surface area contributed by atoms with Crippen molar-refractivity contribution in [3.63, 3.8) is 0 Å². The zero-order chi connectivity index (χ0) is 18.2. The molecule has 0 aromatic heterocycles. The Morgan fingerprint density at radius 2 is 1.73 bits per heavy atom. The average Bonchev–Trinajstić information content (AvgIpc) is 2.67. The van der Waals surface area contributed by atoms with E-state index in [1.165, 1.54) is 0 Å². The summed E-state index contributed by atoms with van der Waals surface area (Å²) in [4.78, 5) is 11.9. The van der Waals surface area contributed by atoms with Crippen molar-refractivity contribution in [3.05, 3.63) is 83.9 Å². The number of hydrogen-bond acceptors (Lipinski definition) is 3. The summed E-state index contributed by atoms with van der Waals surface area (Å²) in [5, 5.41) is 6.16. The van der Waals surface area contributed by atoms with Crippen LogP contribution in [0.15, 0.2) is 83.5 Å². The number of amides is 1. The summed E-state index contributed by atoms with van der Waals surface area (Å²) in [7, 11) is 0. The van der Waals surface area contributed by atoms with Crippen LogP contribution in [-0.2, 0) is 4.79 Å². The van der Waals surface area contributed by atoms with Gasteiger partial charge in [-0.05, 0) is 41.0 Å². The number of nitrogens with one attached hydrogen (secondary N) is 1. The van der Waals surface area contributed by atoms with E-state index in [-0.39, 0.29) is 12.5 Å². The minimum atomic E-state index is -0.304. The molecule has 4 nitrogen and oxygen atoms in total. The lowest BCUT2D eigenvalue weighted by molar-refractivity contribution is -0.123. The number of benzene rings is 3. The van der Waals surface area contributed by atoms with Gasteiger partial charge in [-0.3, -0.25) is 4.79 Å². The third kappa shape index (κ3) is 5.05. The lowest BCUT2D eigenvalue weighted by atomic mass is 10.1. The Balaban J connectivity index is 1.49. The molecule has 3 aromatic carbocycles. The molecule has 0 aliphatic heterocycles. The van der Waals surface area contributed by atoms with Gasteiger partial charge in [-0.25, -0.2) is 5.43 Å². The van der Waals surface area contributed by atoms with E-state index in [0.29, 0.717) is 5.75 Å². The molecule has 0 spiro atoms. The summed E-state index contributed by atoms with van der Waals surface area (Å²) in [6.45, 7) is 1.84. The van der Waals surface area contributed by atoms with Gasteiger partial charge in [-0.2, -0.15) is 5.10 Å². The standard InChI is InChI=1S/C22H20N2O2/c1-17(13-18-7-3-2-4-8-18)15-23-24-22(25)16-26-21-12-11-19-9-5-6-10-20(19)14-21/h2-15H,16H2,1H3,(H,24,25)/b17-13?,23-15-. The second kappa shape index (κ2) is 8.62. The first-order valence-corrected chi connectivity index (χ1v) is 8.37. The summed E-state index contributed by atoms with van der Waals surface area (Å²) in [6.07, 6.45) is 3.60. The molecule has 4 heteroatoms. The molecular formula is C22H20N2O2. The summed E-state index contributed by atoms with van der Waals surface area (Å²) >= 11 is 0. The molecule has 1 amide bonds. The summed E-state index contributed by atoms with van der Waals surface area (Å²) in [5.41, 5.74) is 4.49. The number of rotatable bonds is 6. The van der Waals surface area contributed by atoms with Crippen LogP contribution in [0.1, 0.15) is 12.5 Å². The maximum atomic E-state index is 11.9. The van der Waals surface area contributed by atoms with Crippen molar-refractivity contribution in [2.45, 2.75) is 6.92 Å². The third-order valence-electron chi connectivity index (χ3n) is 3.74. The van der Waals surface area contributed by atoms with E-state index in [0.717, 1.165) is 21.9 Å². The Morgan fingerprint density at radius 3 is 2.54 bits per heavy atom. The molecule has 3 rings (SSSR count). The molecule has 0 aliphatic rings. The first-order chi connectivity index (χ1) is 12.7. The quantitative estimate of drug-likeness (QED) is 0.531. The van der Waals surface area contributed by atoms with E-state index in [1.807, 2.05) is 85.8 Å². The molecular weight excluding hydrogens is 324 g/mol. The van der Waals surface area contributed by atoms with E-state index < -0.39 is 0 Å². The van der Waals surface area contributed by atoms with E-state index in [1.54, 1.807) is 6.21 Å². The van der Waals surface area contributed by atoms with Gasteiger partial charge >= 0.3 is 0 Å². The molecule has 0 atom stereocenters. The van der Waals surface area contributed by atoms with Crippen LogP contribution >= 0.6 is 0 Å². The summed E-state index contributed by atoms with van der Waals surface area (Å²) in [6, 6.07) is 23.7. The highest BCUT2D eigenvalue weighted by Gasteiger charge is 2.02. The van der Waals surface area contributed by atoms with Gasteiger partial charge in [0.15, 0.2) is 6.61 Å². The summed E-state index contributed by atoms with van der Waals surface area (Å²) < 4.78 is 5.53. The molecule has 3 aromatic rings. The van der Waals surface area contributed by atoms with Crippen molar-refractivity contribution < 1.29 is 9.53 Å². The van der Waals surface area contributed by atoms with Crippen molar-refractivity contribution in [3.8, 4) is 5.75 Å². The molecule has 0 saturated heterocycles. The fourth-order valence-electron chi connectivity index (χ4n) is 2.49. The van der Waals surface area contributed by atoms with Gasteiger partial charge in [0, 0.05) is 0 Å². The lowest BCUT2D eigenvalue weighted by Crippen LogP contribution is -2.24. The highest BCUT2D eigenvalue weighted by Crippen LogP contribution is 2.20. The first-order valence-electron chi connectivity index (χ1n) is 8.37. The summed E-state index contributed by atoms with van der Waals surface area (Å²) in [5.74, 6) is 0.352. The Labute approximate surface area is 152 Å². The molecule has 0 fully saturated rings. The van der Waals surface area contributed by atoms with E-state index in [4.69, 9.17) is 4.74 Å². The number of ether oxygens (including phenoxy) is 1. The van der Waals surface area contributed by atoms with Gasteiger partial charge in [0.25, 0.3) is 5.91 Å². The monoisotopic (exact) mass is 344 g/mol. The predicted molar refractivity (Wildman–Crippen MR) is 106 cm³/mol. The van der Waals surface area contributed by atoms with Crippen LogP contribution in [0.4, 0.5) is 0 Å². The molecule has 0 bridgehead atoms. The van der Waals surface area contributed by atoms with Crippen LogP contribution in [0.25, 0.3) is 16.8 Å². The van der Waals surface area contributed by atoms with Gasteiger partial charge in [-0.15, -0.1) is 0 Å². The molecule has 26 heavy (non-hydrogen) atoms. The van der Waals surface area contributed by atoms with Crippen LogP contribution < -0.4 is 10.2 Å². The average molecular weight is 344 g/mol. The highest BCUT2D eigenvalue weighted by molar-refractivity contribution is 5.86. The van der Waals surface area contributed by atoms with Gasteiger partial charge < -0.3 is 4.74 Å². The van der Waals surface area contributed by atoms with Crippen molar-refractivity contribution >= 4 is 29.0 Å². The van der Waals surface area contributed by atoms with Crippen molar-refractivity contribution in [1.82, 2.24) is 5.43 Å². The van der Waals surface area contributed by atoms with Crippen LogP contribution in [-0.4, -0.2) is 18.7 Å². The van der Waals surface area contributed by atoms with Crippen LogP contribution in [0.2, 0.25) is 0 Å². The Kier molecular flexibility index (Phi) is 5.78. The van der Waals surface area contributed by atoms with Crippen molar-refractivity contribution in [2.75, 3.05) is 6.61 Å². The minimum absolute atomic E-state index is 0.0862. The number of carbonyl (C=O) groups is 1. The Morgan fingerprint density at radius 1 is 1.00 bits per heavy atom. The molecule has 0 saturated carbocycles. The maximum Gasteiger partial charge on any atom is 0.277 e. The predicted octanol–water partition coefficient (Wildman–Crippen LogP) is 4.42. The van der Waals surface area contributed by atoms with Crippen molar-refractivity contribution in [2.24, 2.45) is 5.10 Å². The molecule has 130 valence electrons. The zero-order valence-corrected chi connectivity index (χ0v) is 14.6. The number of allylic oxidation sites excluding steroid dienone is 1. The van der Waals surface area contributed by atoms with E-state index in [2.05, 4.69) is 10.5 Å². The Hall–Kier alpha value is -3.40. The fourth-order valence-corrected chi connectivity index (χ4v) is 2.49. The fraction of sp³-hybridized carbons (Fsp3) is 0.0909. The number of carbonyl (C=O) groups excluding carboxylic acids is 1. The molecule has 0 aliphatic carbocycles. The number of nitrogens with zero attached hydrogens (tertiary/aromatic N) is 1. The van der Waals surface area contributed by atoms with E-state index in [9.17, 15) is 4.79 Å². The van der Waals surface area contributed by atoms with Crippen LogP contribution in [0.3, 0.4) is 0 Å². The van der Waals surface area contributed by atoms with Gasteiger partial charge in [0.1, 0.15) is 5.75 Å². The van der Waals surface area contributed by atoms with Crippen LogP contribution in [0.5, 0.6) is 5.75 Å². The van der Waals surface area contributed by atoms with Gasteiger partial charge in [-0.1, -0.05) is 66.7 Å². The molecule has 1 N–H and O–H groups in total. The van der Waals surface area contributed by atoms with Crippen LogP contribution in [0, 0.1) is 0 Å². The van der Waals surface area contributed by atoms with Crippen molar-refractivity contribution in [1.29, 1.82) is 0 Å². The normalized spacial score (nSPS) is 11.7. The number of hydrogen-bond donors (Lipinski definition) is 1. The highest BCUT2D eigenvalue weighted by atomic mass is 16.5. The maximum absolute atomic E-state index is 11.9. The number of hydrazone groups is 1. The second-order valence-electron chi connectivity index (χ2n) is 5.89. The lowest BCUT2D eigenvalue weighted by Gasteiger charge is -2.06. The smallest absolute Gasteiger partial charge is 0.277 e. The topological polar surface area (TPSA) is 50.7 Å². The third-order valence-corrected chi connectivity index (χ3v) is 3.74. The first kappa shape index (κ1) is 17.4.